The standard InChI is InChI=1S/C12H25BClFO3Si/c1-12(2,3)19(4,5)17-6-8-10(16-7-14)9(15)11(13)18-8/h8-11H,6-7,13H2,1-5H3/t8?,9?,10?,11-/m1/s1. The van der Waals surface area contributed by atoms with Gasteiger partial charge in [0.05, 0.1) is 12.6 Å². The second kappa shape index (κ2) is 6.43. The quantitative estimate of drug-likeness (QED) is 0.576. The Morgan fingerprint density at radius 2 is 1.95 bits per heavy atom. The van der Waals surface area contributed by atoms with Crippen LogP contribution in [-0.4, -0.2) is 53.2 Å². The van der Waals surface area contributed by atoms with Crippen LogP contribution in [-0.2, 0) is 13.9 Å². The van der Waals surface area contributed by atoms with Crippen molar-refractivity contribution in [2.75, 3.05) is 12.7 Å². The fourth-order valence-corrected chi connectivity index (χ4v) is 2.97. The topological polar surface area (TPSA) is 27.7 Å². The second-order valence-corrected chi connectivity index (χ2v) is 11.7. The molecule has 0 N–H and O–H groups in total. The molecule has 0 spiro atoms. The smallest absolute Gasteiger partial charge is 0.192 e. The van der Waals surface area contributed by atoms with Crippen LogP contribution in [0.25, 0.3) is 0 Å². The molecule has 0 aromatic carbocycles. The predicted octanol–water partition coefficient (Wildman–Crippen LogP) is 2.29. The van der Waals surface area contributed by atoms with Gasteiger partial charge < -0.3 is 13.9 Å². The van der Waals surface area contributed by atoms with Crippen molar-refractivity contribution in [1.29, 1.82) is 0 Å². The van der Waals surface area contributed by atoms with Crippen LogP contribution >= 0.6 is 11.6 Å². The second-order valence-electron chi connectivity index (χ2n) is 6.64. The molecule has 1 aliphatic rings. The van der Waals surface area contributed by atoms with Gasteiger partial charge >= 0.3 is 0 Å². The van der Waals surface area contributed by atoms with Gasteiger partial charge in [-0.1, -0.05) is 32.4 Å². The van der Waals surface area contributed by atoms with Crippen LogP contribution in [0.3, 0.4) is 0 Å². The highest BCUT2D eigenvalue weighted by molar-refractivity contribution is 6.74. The normalized spacial score (nSPS) is 32.8. The average molecular weight is 311 g/mol. The van der Waals surface area contributed by atoms with Crippen LogP contribution in [0, 0.1) is 0 Å². The molecule has 0 saturated carbocycles. The van der Waals surface area contributed by atoms with E-state index in [2.05, 4.69) is 33.9 Å². The summed E-state index contributed by atoms with van der Waals surface area (Å²) in [5.41, 5.74) is 0. The Balaban J connectivity index is 2.61. The van der Waals surface area contributed by atoms with Crippen molar-refractivity contribution in [3.8, 4) is 0 Å². The first kappa shape index (κ1) is 17.4. The van der Waals surface area contributed by atoms with Gasteiger partial charge in [-0.05, 0) is 18.1 Å². The van der Waals surface area contributed by atoms with Gasteiger partial charge in [-0.2, -0.15) is 0 Å². The van der Waals surface area contributed by atoms with Crippen LogP contribution < -0.4 is 0 Å². The molecule has 1 rings (SSSR count). The fourth-order valence-electron chi connectivity index (χ4n) is 1.81. The van der Waals surface area contributed by atoms with E-state index in [4.69, 9.17) is 25.5 Å². The molecule has 0 radical (unpaired) electrons. The lowest BCUT2D eigenvalue weighted by atomic mass is 9.94. The number of ether oxygens (including phenoxy) is 2. The Morgan fingerprint density at radius 3 is 2.42 bits per heavy atom. The third-order valence-electron chi connectivity index (χ3n) is 4.19. The SMILES string of the molecule is B[C@@H]1OC(CO[Si](C)(C)C(C)(C)C)C(OCCl)C1F. The Morgan fingerprint density at radius 1 is 1.37 bits per heavy atom. The molecule has 1 aliphatic heterocycles. The number of alkyl halides is 2. The zero-order chi connectivity index (χ0) is 14.8. The van der Waals surface area contributed by atoms with E-state index in [1.807, 2.05) is 0 Å². The lowest BCUT2D eigenvalue weighted by Crippen LogP contribution is -2.44. The van der Waals surface area contributed by atoms with Gasteiger partial charge in [0.2, 0.25) is 0 Å². The van der Waals surface area contributed by atoms with Gasteiger partial charge in [-0.15, -0.1) is 0 Å². The number of hydrogen-bond donors (Lipinski definition) is 0. The van der Waals surface area contributed by atoms with Crippen molar-refractivity contribution < 1.29 is 18.3 Å². The Labute approximate surface area is 122 Å². The Kier molecular flexibility index (Phi) is 5.90. The summed E-state index contributed by atoms with van der Waals surface area (Å²) in [4.78, 5) is 0. The first-order valence-electron chi connectivity index (χ1n) is 6.71. The minimum absolute atomic E-state index is 0.0300. The van der Waals surface area contributed by atoms with E-state index < -0.39 is 26.6 Å². The van der Waals surface area contributed by atoms with Gasteiger partial charge in [0, 0.05) is 0 Å². The zero-order valence-electron chi connectivity index (χ0n) is 12.7. The van der Waals surface area contributed by atoms with Gasteiger partial charge in [0.15, 0.2) is 8.32 Å². The molecule has 0 bridgehead atoms. The minimum Gasteiger partial charge on any atom is -0.414 e. The van der Waals surface area contributed by atoms with Crippen LogP contribution in [0.1, 0.15) is 20.8 Å². The maximum Gasteiger partial charge on any atom is 0.192 e. The van der Waals surface area contributed by atoms with E-state index in [0.29, 0.717) is 6.61 Å². The summed E-state index contributed by atoms with van der Waals surface area (Å²) in [6.07, 6.45) is -2.15. The summed E-state index contributed by atoms with van der Waals surface area (Å²) in [5.74, 6) is 0. The van der Waals surface area contributed by atoms with Crippen molar-refractivity contribution >= 4 is 27.8 Å². The molecule has 0 aromatic heterocycles. The molecule has 112 valence electrons. The van der Waals surface area contributed by atoms with Gasteiger partial charge in [0.1, 0.15) is 32.3 Å². The molecule has 19 heavy (non-hydrogen) atoms. The highest BCUT2D eigenvalue weighted by Crippen LogP contribution is 2.37. The molecule has 0 aliphatic carbocycles. The molecular formula is C12H25BClFO3Si. The summed E-state index contributed by atoms with van der Waals surface area (Å²) in [6, 6.07) is -0.501. The van der Waals surface area contributed by atoms with Crippen molar-refractivity contribution in [3.63, 3.8) is 0 Å². The van der Waals surface area contributed by atoms with Crippen molar-refractivity contribution in [2.24, 2.45) is 0 Å². The first-order chi connectivity index (χ1) is 8.60. The number of halogens is 2. The average Bonchev–Trinajstić information content (AvgIpc) is 2.53. The van der Waals surface area contributed by atoms with E-state index in [0.717, 1.165) is 0 Å². The molecule has 3 unspecified atom stereocenters. The molecular weight excluding hydrogens is 285 g/mol. The van der Waals surface area contributed by atoms with E-state index >= 15 is 0 Å². The molecule has 1 saturated heterocycles. The molecule has 0 aromatic rings. The summed E-state index contributed by atoms with van der Waals surface area (Å²) >= 11 is 5.55. The van der Waals surface area contributed by atoms with Crippen molar-refractivity contribution in [3.05, 3.63) is 0 Å². The lowest BCUT2D eigenvalue weighted by molar-refractivity contribution is -0.0280. The third kappa shape index (κ3) is 4.17. The first-order valence-corrected chi connectivity index (χ1v) is 10.2. The van der Waals surface area contributed by atoms with Crippen LogP contribution in [0.4, 0.5) is 4.39 Å². The monoisotopic (exact) mass is 310 g/mol. The number of hydrogen-bond acceptors (Lipinski definition) is 3. The molecule has 0 amide bonds. The fraction of sp³-hybridized carbons (Fsp3) is 1.00. The van der Waals surface area contributed by atoms with E-state index in [1.165, 1.54) is 0 Å². The van der Waals surface area contributed by atoms with Crippen LogP contribution in [0.2, 0.25) is 18.1 Å². The van der Waals surface area contributed by atoms with Crippen molar-refractivity contribution in [1.82, 2.24) is 0 Å². The minimum atomic E-state index is -1.86. The highest BCUT2D eigenvalue weighted by atomic mass is 35.5. The maximum atomic E-state index is 13.9. The number of rotatable bonds is 5. The molecule has 3 nitrogen and oxygen atoms in total. The molecule has 1 fully saturated rings. The summed E-state index contributed by atoms with van der Waals surface area (Å²) < 4.78 is 30.8. The third-order valence-corrected chi connectivity index (χ3v) is 8.81. The van der Waals surface area contributed by atoms with Gasteiger partial charge in [0.25, 0.3) is 0 Å². The lowest BCUT2D eigenvalue weighted by Gasteiger charge is -2.37. The Hall–Kier alpha value is 0.382. The summed E-state index contributed by atoms with van der Waals surface area (Å²) in [5, 5.41) is 0.120. The summed E-state index contributed by atoms with van der Waals surface area (Å²) in [7, 11) is -0.150. The Bertz CT molecular complexity index is 301. The molecule has 7 heteroatoms. The largest absolute Gasteiger partial charge is 0.414 e. The van der Waals surface area contributed by atoms with Crippen LogP contribution in [0.5, 0.6) is 0 Å². The predicted molar refractivity (Wildman–Crippen MR) is 80.8 cm³/mol. The van der Waals surface area contributed by atoms with E-state index in [9.17, 15) is 4.39 Å². The van der Waals surface area contributed by atoms with E-state index in [-0.39, 0.29) is 17.2 Å². The highest BCUT2D eigenvalue weighted by Gasteiger charge is 2.45. The van der Waals surface area contributed by atoms with Gasteiger partial charge in [-0.25, -0.2) is 4.39 Å². The van der Waals surface area contributed by atoms with Crippen LogP contribution in [0.15, 0.2) is 0 Å². The van der Waals surface area contributed by atoms with E-state index in [1.54, 1.807) is 7.85 Å². The maximum absolute atomic E-state index is 13.9. The van der Waals surface area contributed by atoms with Gasteiger partial charge in [-0.3, -0.25) is 0 Å². The summed E-state index contributed by atoms with van der Waals surface area (Å²) in [6.45, 7) is 11.2. The zero-order valence-corrected chi connectivity index (χ0v) is 14.5. The molecule has 4 atom stereocenters. The van der Waals surface area contributed by atoms with Crippen molar-refractivity contribution in [2.45, 2.75) is 63.3 Å². The molecule has 1 heterocycles.